The molecule has 2 aliphatic heterocycles. The summed E-state index contributed by atoms with van der Waals surface area (Å²) >= 11 is 0. The molecule has 1 atom stereocenters. The van der Waals surface area contributed by atoms with E-state index in [9.17, 15) is 9.59 Å². The first-order valence-corrected chi connectivity index (χ1v) is 10.5. The Labute approximate surface area is 172 Å². The Morgan fingerprint density at radius 1 is 0.966 bits per heavy atom. The first kappa shape index (κ1) is 19.4. The molecule has 1 amide bonds. The molecule has 2 heterocycles. The van der Waals surface area contributed by atoms with Crippen molar-refractivity contribution in [3.8, 4) is 0 Å². The van der Waals surface area contributed by atoms with Crippen LogP contribution < -0.4 is 0 Å². The number of hydrogen-bond acceptors (Lipinski definition) is 3. The van der Waals surface area contributed by atoms with Crippen LogP contribution in [0, 0.1) is 0 Å². The highest BCUT2D eigenvalue weighted by Crippen LogP contribution is 2.51. The van der Waals surface area contributed by atoms with Crippen molar-refractivity contribution in [3.63, 3.8) is 0 Å². The van der Waals surface area contributed by atoms with E-state index in [2.05, 4.69) is 0 Å². The summed E-state index contributed by atoms with van der Waals surface area (Å²) in [5.41, 5.74) is 2.97. The topological polar surface area (TPSA) is 46.6 Å². The predicted octanol–water partition coefficient (Wildman–Crippen LogP) is 4.71. The monoisotopic (exact) mass is 389 g/mol. The lowest BCUT2D eigenvalue weighted by atomic mass is 9.77. The largest absolute Gasteiger partial charge is 0.466 e. The van der Waals surface area contributed by atoms with E-state index in [0.29, 0.717) is 13.2 Å². The van der Waals surface area contributed by atoms with E-state index < -0.39 is 5.54 Å². The Morgan fingerprint density at radius 3 is 2.28 bits per heavy atom. The fourth-order valence-electron chi connectivity index (χ4n) is 4.86. The maximum Gasteiger partial charge on any atom is 0.308 e. The van der Waals surface area contributed by atoms with Crippen molar-refractivity contribution in [2.24, 2.45) is 0 Å². The maximum atomic E-state index is 13.7. The van der Waals surface area contributed by atoms with Crippen LogP contribution in [0.5, 0.6) is 0 Å². The van der Waals surface area contributed by atoms with Gasteiger partial charge >= 0.3 is 5.97 Å². The van der Waals surface area contributed by atoms with E-state index in [4.69, 9.17) is 4.74 Å². The van der Waals surface area contributed by atoms with E-state index in [1.165, 1.54) is 0 Å². The SMILES string of the molecule is CCOC(=O)CC12CCCCCN1C(=O)C(c1ccccc1)=C2c1ccccc1. The van der Waals surface area contributed by atoms with Crippen LogP contribution in [-0.4, -0.2) is 35.5 Å². The summed E-state index contributed by atoms with van der Waals surface area (Å²) in [4.78, 5) is 28.4. The average Bonchev–Trinajstić information content (AvgIpc) is 2.86. The van der Waals surface area contributed by atoms with E-state index >= 15 is 0 Å². The second-order valence-electron chi connectivity index (χ2n) is 7.76. The van der Waals surface area contributed by atoms with Crippen LogP contribution in [0.3, 0.4) is 0 Å². The second kappa shape index (κ2) is 8.24. The summed E-state index contributed by atoms with van der Waals surface area (Å²) in [5.74, 6) is -0.212. The van der Waals surface area contributed by atoms with Crippen LogP contribution in [0.4, 0.5) is 0 Å². The normalized spacial score (nSPS) is 21.7. The molecule has 4 heteroatoms. The number of carbonyl (C=O) groups excluding carboxylic acids is 2. The first-order valence-electron chi connectivity index (χ1n) is 10.5. The molecule has 29 heavy (non-hydrogen) atoms. The number of hydrogen-bond donors (Lipinski definition) is 0. The Hall–Kier alpha value is -2.88. The van der Waals surface area contributed by atoms with Gasteiger partial charge in [0.25, 0.3) is 5.91 Å². The zero-order chi connectivity index (χ0) is 20.3. The van der Waals surface area contributed by atoms with Gasteiger partial charge in [0, 0.05) is 6.54 Å². The molecule has 2 aliphatic rings. The van der Waals surface area contributed by atoms with Crippen LogP contribution in [0.15, 0.2) is 60.7 Å². The lowest BCUT2D eigenvalue weighted by molar-refractivity contribution is -0.146. The average molecular weight is 389 g/mol. The predicted molar refractivity (Wildman–Crippen MR) is 114 cm³/mol. The highest BCUT2D eigenvalue weighted by Gasteiger charge is 2.53. The molecular weight excluding hydrogens is 362 g/mol. The van der Waals surface area contributed by atoms with Gasteiger partial charge in [0.15, 0.2) is 0 Å². The molecule has 1 saturated heterocycles. The smallest absolute Gasteiger partial charge is 0.308 e. The summed E-state index contributed by atoms with van der Waals surface area (Å²) < 4.78 is 5.35. The molecule has 1 unspecified atom stereocenters. The van der Waals surface area contributed by atoms with Crippen LogP contribution in [0.1, 0.15) is 50.2 Å². The quantitative estimate of drug-likeness (QED) is 0.696. The van der Waals surface area contributed by atoms with Crippen molar-refractivity contribution >= 4 is 23.0 Å². The molecule has 0 N–H and O–H groups in total. The summed E-state index contributed by atoms with van der Waals surface area (Å²) in [5, 5.41) is 0. The van der Waals surface area contributed by atoms with Crippen molar-refractivity contribution in [2.45, 2.75) is 44.6 Å². The highest BCUT2D eigenvalue weighted by molar-refractivity contribution is 6.32. The van der Waals surface area contributed by atoms with E-state index in [-0.39, 0.29) is 18.3 Å². The molecule has 0 aliphatic carbocycles. The van der Waals surface area contributed by atoms with Crippen molar-refractivity contribution in [3.05, 3.63) is 71.8 Å². The molecule has 0 bridgehead atoms. The highest BCUT2D eigenvalue weighted by atomic mass is 16.5. The van der Waals surface area contributed by atoms with Crippen LogP contribution in [-0.2, 0) is 14.3 Å². The van der Waals surface area contributed by atoms with Gasteiger partial charge in [-0.15, -0.1) is 0 Å². The van der Waals surface area contributed by atoms with Crippen molar-refractivity contribution < 1.29 is 14.3 Å². The molecule has 4 nitrogen and oxygen atoms in total. The van der Waals surface area contributed by atoms with Gasteiger partial charge in [-0.1, -0.05) is 73.5 Å². The van der Waals surface area contributed by atoms with Crippen LogP contribution in [0.25, 0.3) is 11.1 Å². The fourth-order valence-corrected chi connectivity index (χ4v) is 4.86. The molecule has 150 valence electrons. The lowest BCUT2D eigenvalue weighted by Crippen LogP contribution is -2.49. The van der Waals surface area contributed by atoms with Gasteiger partial charge in [-0.05, 0) is 36.5 Å². The standard InChI is InChI=1S/C25H27NO3/c1-2-29-21(27)18-25-16-10-5-11-17-26(25)24(28)22(19-12-6-3-7-13-19)23(25)20-14-8-4-9-15-20/h3-4,6-9,12-15H,2,5,10-11,16-18H2,1H3. The minimum absolute atomic E-state index is 0.0289. The number of rotatable bonds is 5. The Morgan fingerprint density at radius 2 is 1.62 bits per heavy atom. The third-order valence-corrected chi connectivity index (χ3v) is 6.03. The number of esters is 1. The maximum absolute atomic E-state index is 13.7. The zero-order valence-corrected chi connectivity index (χ0v) is 16.9. The number of amides is 1. The number of benzene rings is 2. The number of ether oxygens (including phenoxy) is 1. The zero-order valence-electron chi connectivity index (χ0n) is 16.9. The first-order chi connectivity index (χ1) is 14.2. The Balaban J connectivity index is 1.96. The minimum atomic E-state index is -0.646. The summed E-state index contributed by atoms with van der Waals surface area (Å²) in [6, 6.07) is 19.9. The molecule has 2 aromatic carbocycles. The van der Waals surface area contributed by atoms with Gasteiger partial charge in [0.05, 0.1) is 24.1 Å². The molecular formula is C25H27NO3. The third-order valence-electron chi connectivity index (χ3n) is 6.03. The second-order valence-corrected chi connectivity index (χ2v) is 7.76. The van der Waals surface area contributed by atoms with Crippen LogP contribution >= 0.6 is 0 Å². The van der Waals surface area contributed by atoms with E-state index in [1.807, 2.05) is 72.5 Å². The molecule has 1 fully saturated rings. The summed E-state index contributed by atoms with van der Waals surface area (Å²) in [6.45, 7) is 2.84. The van der Waals surface area contributed by atoms with Crippen molar-refractivity contribution in [2.75, 3.05) is 13.2 Å². The van der Waals surface area contributed by atoms with Gasteiger partial charge in [0.2, 0.25) is 0 Å². The van der Waals surface area contributed by atoms with Gasteiger partial charge in [-0.25, -0.2) is 0 Å². The fraction of sp³-hybridized carbons (Fsp3) is 0.360. The van der Waals surface area contributed by atoms with Gasteiger partial charge in [0.1, 0.15) is 0 Å². The minimum Gasteiger partial charge on any atom is -0.466 e. The number of fused-ring (bicyclic) bond motifs is 1. The molecule has 4 rings (SSSR count). The van der Waals surface area contributed by atoms with Crippen LogP contribution in [0.2, 0.25) is 0 Å². The molecule has 0 saturated carbocycles. The van der Waals surface area contributed by atoms with Gasteiger partial charge in [-0.2, -0.15) is 0 Å². The molecule has 0 spiro atoms. The lowest BCUT2D eigenvalue weighted by Gasteiger charge is -2.39. The Bertz CT molecular complexity index is 920. The number of carbonyl (C=O) groups is 2. The summed E-state index contributed by atoms with van der Waals surface area (Å²) in [6.07, 6.45) is 3.99. The Kier molecular flexibility index (Phi) is 5.52. The van der Waals surface area contributed by atoms with Gasteiger partial charge < -0.3 is 9.64 Å². The van der Waals surface area contributed by atoms with E-state index in [0.717, 1.165) is 48.0 Å². The summed E-state index contributed by atoms with van der Waals surface area (Å²) in [7, 11) is 0. The van der Waals surface area contributed by atoms with Gasteiger partial charge in [-0.3, -0.25) is 9.59 Å². The number of nitrogens with zero attached hydrogens (tertiary/aromatic N) is 1. The molecule has 0 radical (unpaired) electrons. The van der Waals surface area contributed by atoms with E-state index in [1.54, 1.807) is 0 Å². The van der Waals surface area contributed by atoms with Crippen molar-refractivity contribution in [1.29, 1.82) is 0 Å². The molecule has 0 aromatic heterocycles. The van der Waals surface area contributed by atoms with Crippen molar-refractivity contribution in [1.82, 2.24) is 4.90 Å². The third kappa shape index (κ3) is 3.48. The molecule has 2 aromatic rings.